The van der Waals surface area contributed by atoms with Gasteiger partial charge in [0, 0.05) is 23.9 Å². The van der Waals surface area contributed by atoms with Gasteiger partial charge in [0.05, 0.1) is 14.2 Å². The molecule has 37 heavy (non-hydrogen) atoms. The number of hydrogen-bond acceptors (Lipinski definition) is 5. The van der Waals surface area contributed by atoms with Gasteiger partial charge in [-0.1, -0.05) is 12.1 Å². The monoisotopic (exact) mass is 500 g/mol. The minimum Gasteiger partial charge on any atom is -0.497 e. The van der Waals surface area contributed by atoms with Crippen molar-refractivity contribution < 1.29 is 19.0 Å². The number of nitrogens with one attached hydrogen (secondary N) is 1. The molecule has 1 unspecified atom stereocenters. The highest BCUT2D eigenvalue weighted by molar-refractivity contribution is 6.04. The number of anilines is 1. The van der Waals surface area contributed by atoms with Crippen LogP contribution in [0.25, 0.3) is 0 Å². The fourth-order valence-corrected chi connectivity index (χ4v) is 5.45. The first kappa shape index (κ1) is 25.2. The molecule has 6 nitrogen and oxygen atoms in total. The molecule has 1 aliphatic heterocycles. The van der Waals surface area contributed by atoms with Crippen LogP contribution in [0, 0.1) is 0 Å². The third-order valence-corrected chi connectivity index (χ3v) is 7.58. The summed E-state index contributed by atoms with van der Waals surface area (Å²) in [7, 11) is 3.35. The minimum atomic E-state index is -0.140. The topological polar surface area (TPSA) is 60.0 Å². The number of carbonyl (C=O) groups excluding carboxylic acids is 1. The van der Waals surface area contributed by atoms with Crippen molar-refractivity contribution in [2.24, 2.45) is 0 Å². The van der Waals surface area contributed by atoms with Gasteiger partial charge in [-0.05, 0) is 110 Å². The molecule has 1 aliphatic carbocycles. The number of carbonyl (C=O) groups is 1. The zero-order valence-corrected chi connectivity index (χ0v) is 21.8. The van der Waals surface area contributed by atoms with Crippen molar-refractivity contribution in [3.63, 3.8) is 0 Å². The van der Waals surface area contributed by atoms with Gasteiger partial charge in [-0.15, -0.1) is 0 Å². The van der Waals surface area contributed by atoms with Crippen molar-refractivity contribution in [2.45, 2.75) is 38.0 Å². The second-order valence-corrected chi connectivity index (χ2v) is 9.90. The van der Waals surface area contributed by atoms with Crippen LogP contribution in [-0.2, 0) is 12.8 Å². The summed E-state index contributed by atoms with van der Waals surface area (Å²) in [4.78, 5) is 15.6. The number of hydrogen-bond donors (Lipinski definition) is 1. The molecule has 1 heterocycles. The molecule has 1 fully saturated rings. The Bertz CT molecular complexity index is 1220. The molecule has 0 aromatic heterocycles. The summed E-state index contributed by atoms with van der Waals surface area (Å²) in [5.74, 6) is 2.59. The van der Waals surface area contributed by atoms with E-state index in [1.54, 1.807) is 14.2 Å². The van der Waals surface area contributed by atoms with Crippen molar-refractivity contribution in [3.8, 4) is 17.2 Å². The van der Waals surface area contributed by atoms with Crippen LogP contribution in [0.4, 0.5) is 5.69 Å². The van der Waals surface area contributed by atoms with Gasteiger partial charge in [0.15, 0.2) is 0 Å². The molecule has 3 aromatic rings. The average molecular weight is 501 g/mol. The molecule has 6 heteroatoms. The van der Waals surface area contributed by atoms with E-state index >= 15 is 0 Å². The lowest BCUT2D eigenvalue weighted by Gasteiger charge is -2.27. The van der Waals surface area contributed by atoms with Crippen LogP contribution < -0.4 is 19.5 Å². The van der Waals surface area contributed by atoms with Crippen molar-refractivity contribution in [3.05, 3.63) is 82.9 Å². The third kappa shape index (κ3) is 6.08. The van der Waals surface area contributed by atoms with E-state index in [2.05, 4.69) is 28.4 Å². The Morgan fingerprint density at radius 1 is 0.892 bits per heavy atom. The highest BCUT2D eigenvalue weighted by atomic mass is 16.5. The first-order valence-corrected chi connectivity index (χ1v) is 13.2. The summed E-state index contributed by atoms with van der Waals surface area (Å²) >= 11 is 0. The molecule has 0 radical (unpaired) electrons. The molecule has 0 spiro atoms. The number of amides is 1. The van der Waals surface area contributed by atoms with Gasteiger partial charge in [0.25, 0.3) is 5.91 Å². The molecule has 1 N–H and O–H groups in total. The standard InChI is InChI=1S/C31H36N2O4/c1-35-27-12-9-23-19-25(6-5-24(23)20-27)29-14-13-28(36-2)21-30(29)32-31(34)22-7-10-26(11-8-22)37-18-17-33-15-3-4-16-33/h7-14,20-21,25H,3-6,15-19H2,1-2H3,(H,32,34). The van der Waals surface area contributed by atoms with Crippen LogP contribution in [0.5, 0.6) is 17.2 Å². The van der Waals surface area contributed by atoms with Crippen molar-refractivity contribution in [1.82, 2.24) is 4.90 Å². The number of methoxy groups -OCH3 is 2. The highest BCUT2D eigenvalue weighted by Gasteiger charge is 2.24. The van der Waals surface area contributed by atoms with E-state index in [0.29, 0.717) is 18.1 Å². The largest absolute Gasteiger partial charge is 0.497 e. The van der Waals surface area contributed by atoms with Gasteiger partial charge < -0.3 is 19.5 Å². The Kier molecular flexibility index (Phi) is 7.95. The predicted molar refractivity (Wildman–Crippen MR) is 146 cm³/mol. The smallest absolute Gasteiger partial charge is 0.255 e. The Hall–Kier alpha value is -3.51. The van der Waals surface area contributed by atoms with Crippen LogP contribution in [0.15, 0.2) is 60.7 Å². The quantitative estimate of drug-likeness (QED) is 0.408. The molecule has 5 rings (SSSR count). The zero-order chi connectivity index (χ0) is 25.6. The number of likely N-dealkylation sites (tertiary alicyclic amines) is 1. The van der Waals surface area contributed by atoms with E-state index in [0.717, 1.165) is 67.4 Å². The average Bonchev–Trinajstić information content (AvgIpc) is 3.46. The fraction of sp³-hybridized carbons (Fsp3) is 0.387. The second-order valence-electron chi connectivity index (χ2n) is 9.90. The molecular formula is C31H36N2O4. The van der Waals surface area contributed by atoms with Crippen LogP contribution in [0.3, 0.4) is 0 Å². The molecular weight excluding hydrogens is 464 g/mol. The predicted octanol–water partition coefficient (Wildman–Crippen LogP) is 5.70. The SMILES string of the molecule is COc1ccc2c(c1)CCC(c1ccc(OC)cc1NC(=O)c1ccc(OCCN3CCCC3)cc1)C2. The lowest BCUT2D eigenvalue weighted by atomic mass is 9.79. The van der Waals surface area contributed by atoms with Crippen LogP contribution in [0.1, 0.15) is 52.2 Å². The first-order chi connectivity index (χ1) is 18.1. The Morgan fingerprint density at radius 3 is 2.35 bits per heavy atom. The summed E-state index contributed by atoms with van der Waals surface area (Å²) in [6.45, 7) is 3.93. The maximum Gasteiger partial charge on any atom is 0.255 e. The number of benzene rings is 3. The number of ether oxygens (including phenoxy) is 3. The van der Waals surface area contributed by atoms with Gasteiger partial charge in [0.1, 0.15) is 23.9 Å². The minimum absolute atomic E-state index is 0.140. The molecule has 1 saturated heterocycles. The lowest BCUT2D eigenvalue weighted by molar-refractivity contribution is 0.102. The summed E-state index contributed by atoms with van der Waals surface area (Å²) in [6.07, 6.45) is 5.48. The number of rotatable bonds is 9. The van der Waals surface area contributed by atoms with E-state index in [1.165, 1.54) is 24.0 Å². The summed E-state index contributed by atoms with van der Waals surface area (Å²) in [5, 5.41) is 3.15. The highest BCUT2D eigenvalue weighted by Crippen LogP contribution is 2.38. The summed E-state index contributed by atoms with van der Waals surface area (Å²) in [6, 6.07) is 19.7. The van der Waals surface area contributed by atoms with Gasteiger partial charge in [0.2, 0.25) is 0 Å². The van der Waals surface area contributed by atoms with E-state index < -0.39 is 0 Å². The normalized spacial score (nSPS) is 17.2. The maximum atomic E-state index is 13.2. The zero-order valence-electron chi connectivity index (χ0n) is 21.8. The van der Waals surface area contributed by atoms with Crippen molar-refractivity contribution >= 4 is 11.6 Å². The van der Waals surface area contributed by atoms with E-state index in [4.69, 9.17) is 14.2 Å². The molecule has 0 bridgehead atoms. The lowest BCUT2D eigenvalue weighted by Crippen LogP contribution is -2.25. The fourth-order valence-electron chi connectivity index (χ4n) is 5.45. The number of fused-ring (bicyclic) bond motifs is 1. The summed E-state index contributed by atoms with van der Waals surface area (Å²) < 4.78 is 16.8. The molecule has 3 aromatic carbocycles. The summed E-state index contributed by atoms with van der Waals surface area (Å²) in [5.41, 5.74) is 5.22. The maximum absolute atomic E-state index is 13.2. The van der Waals surface area contributed by atoms with E-state index in [9.17, 15) is 4.79 Å². The van der Waals surface area contributed by atoms with Gasteiger partial charge >= 0.3 is 0 Å². The van der Waals surface area contributed by atoms with Gasteiger partial charge in [-0.25, -0.2) is 0 Å². The van der Waals surface area contributed by atoms with E-state index in [1.807, 2.05) is 42.5 Å². The molecule has 1 atom stereocenters. The second kappa shape index (κ2) is 11.7. The van der Waals surface area contributed by atoms with E-state index in [-0.39, 0.29) is 5.91 Å². The van der Waals surface area contributed by atoms with Gasteiger partial charge in [-0.2, -0.15) is 0 Å². The van der Waals surface area contributed by atoms with Crippen LogP contribution >= 0.6 is 0 Å². The number of aryl methyl sites for hydroxylation is 1. The van der Waals surface area contributed by atoms with Crippen LogP contribution in [0.2, 0.25) is 0 Å². The molecule has 1 amide bonds. The molecule has 2 aliphatic rings. The third-order valence-electron chi connectivity index (χ3n) is 7.58. The number of nitrogens with zero attached hydrogens (tertiary/aromatic N) is 1. The Morgan fingerprint density at radius 2 is 1.59 bits per heavy atom. The molecule has 194 valence electrons. The van der Waals surface area contributed by atoms with Crippen molar-refractivity contribution in [2.75, 3.05) is 45.8 Å². The van der Waals surface area contributed by atoms with Gasteiger partial charge in [-0.3, -0.25) is 9.69 Å². The first-order valence-electron chi connectivity index (χ1n) is 13.2. The van der Waals surface area contributed by atoms with Crippen molar-refractivity contribution in [1.29, 1.82) is 0 Å². The van der Waals surface area contributed by atoms with Crippen LogP contribution in [-0.4, -0.2) is 51.3 Å². The molecule has 0 saturated carbocycles. The Labute approximate surface area is 219 Å². The Balaban J connectivity index is 1.26.